The summed E-state index contributed by atoms with van der Waals surface area (Å²) in [6, 6.07) is 16.8. The lowest BCUT2D eigenvalue weighted by atomic mass is 10.1. The van der Waals surface area contributed by atoms with E-state index in [9.17, 15) is 13.2 Å². The monoisotopic (exact) mass is 619 g/mol. The van der Waals surface area contributed by atoms with Gasteiger partial charge in [-0.25, -0.2) is 13.4 Å². The number of thiazole rings is 1. The standard InChI is InChI=1S/C28H30ClN5O3S2.ClH/c1-19-17-20(2)26-25(18-19)31-28(38-26)34-15-13-33(14-16-34)12-11-30-27(35)23-5-3-4-6-24(23)32-39(36,37)22-9-7-21(29)8-10-22;/h3-10,17-18,32H,11-16H2,1-2H3,(H,30,35);1H. The number of aryl methyl sites for hydroxylation is 2. The Morgan fingerprint density at radius 3 is 2.45 bits per heavy atom. The molecule has 0 unspecified atom stereocenters. The third-order valence-corrected chi connectivity index (χ3v) is 9.61. The van der Waals surface area contributed by atoms with Gasteiger partial charge < -0.3 is 10.2 Å². The van der Waals surface area contributed by atoms with E-state index >= 15 is 0 Å². The molecular formula is C28H31Cl2N5O3S2. The quantitative estimate of drug-likeness (QED) is 0.276. The van der Waals surface area contributed by atoms with Gasteiger partial charge in [-0.2, -0.15) is 0 Å². The van der Waals surface area contributed by atoms with Gasteiger partial charge in [0.15, 0.2) is 5.13 Å². The minimum absolute atomic E-state index is 0. The molecule has 0 saturated carbocycles. The van der Waals surface area contributed by atoms with E-state index in [-0.39, 0.29) is 34.5 Å². The zero-order valence-electron chi connectivity index (χ0n) is 22.2. The summed E-state index contributed by atoms with van der Waals surface area (Å²) in [6.07, 6.45) is 0. The molecule has 2 heterocycles. The molecule has 0 spiro atoms. The molecular weight excluding hydrogens is 589 g/mol. The first-order chi connectivity index (χ1) is 18.7. The number of nitrogens with zero attached hydrogens (tertiary/aromatic N) is 3. The molecule has 1 aromatic heterocycles. The number of hydrogen-bond donors (Lipinski definition) is 2. The van der Waals surface area contributed by atoms with Gasteiger partial charge in [0.2, 0.25) is 0 Å². The fraction of sp³-hybridized carbons (Fsp3) is 0.286. The van der Waals surface area contributed by atoms with Crippen LogP contribution in [0.5, 0.6) is 0 Å². The van der Waals surface area contributed by atoms with Gasteiger partial charge in [0.1, 0.15) is 0 Å². The van der Waals surface area contributed by atoms with Crippen LogP contribution < -0.4 is 14.9 Å². The summed E-state index contributed by atoms with van der Waals surface area (Å²) in [5, 5.41) is 4.44. The molecule has 40 heavy (non-hydrogen) atoms. The van der Waals surface area contributed by atoms with Crippen LogP contribution in [-0.2, 0) is 10.0 Å². The number of sulfonamides is 1. The van der Waals surface area contributed by atoms with Gasteiger partial charge in [0.05, 0.1) is 26.4 Å². The largest absolute Gasteiger partial charge is 0.351 e. The lowest BCUT2D eigenvalue weighted by Crippen LogP contribution is -2.48. The van der Waals surface area contributed by atoms with E-state index in [0.717, 1.165) is 36.8 Å². The number of para-hydroxylation sites is 1. The number of piperazine rings is 1. The molecule has 1 amide bonds. The number of hydrogen-bond acceptors (Lipinski definition) is 7. The SMILES string of the molecule is Cc1cc(C)c2sc(N3CCN(CCNC(=O)c4ccccc4NS(=O)(=O)c4ccc(Cl)cc4)CC3)nc2c1.Cl. The molecule has 1 aliphatic rings. The topological polar surface area (TPSA) is 94.6 Å². The smallest absolute Gasteiger partial charge is 0.261 e. The molecule has 1 fully saturated rings. The van der Waals surface area contributed by atoms with Crippen LogP contribution in [0.1, 0.15) is 21.5 Å². The van der Waals surface area contributed by atoms with Gasteiger partial charge in [-0.1, -0.05) is 41.1 Å². The Bertz CT molecular complexity index is 1600. The van der Waals surface area contributed by atoms with Crippen molar-refractivity contribution in [2.75, 3.05) is 48.9 Å². The second kappa shape index (κ2) is 12.7. The number of amides is 1. The van der Waals surface area contributed by atoms with E-state index in [2.05, 4.69) is 45.8 Å². The fourth-order valence-corrected chi connectivity index (χ4v) is 6.95. The minimum Gasteiger partial charge on any atom is -0.351 e. The molecule has 2 N–H and O–H groups in total. The molecule has 0 atom stereocenters. The predicted molar refractivity (Wildman–Crippen MR) is 166 cm³/mol. The van der Waals surface area contributed by atoms with E-state index in [1.54, 1.807) is 35.6 Å². The van der Waals surface area contributed by atoms with Crippen molar-refractivity contribution in [3.8, 4) is 0 Å². The molecule has 5 rings (SSSR count). The van der Waals surface area contributed by atoms with Gasteiger partial charge in [-0.3, -0.25) is 14.4 Å². The first kappa shape index (κ1) is 30.1. The second-order valence-electron chi connectivity index (χ2n) is 9.62. The van der Waals surface area contributed by atoms with E-state index in [0.29, 0.717) is 18.1 Å². The Hall–Kier alpha value is -2.89. The normalized spacial score (nSPS) is 14.1. The molecule has 1 saturated heterocycles. The molecule has 0 bridgehead atoms. The van der Waals surface area contributed by atoms with Crippen molar-refractivity contribution in [2.24, 2.45) is 0 Å². The number of fused-ring (bicyclic) bond motifs is 1. The lowest BCUT2D eigenvalue weighted by Gasteiger charge is -2.34. The van der Waals surface area contributed by atoms with E-state index in [1.807, 2.05) is 0 Å². The van der Waals surface area contributed by atoms with Gasteiger partial charge in [0, 0.05) is 44.3 Å². The van der Waals surface area contributed by atoms with E-state index in [4.69, 9.17) is 16.6 Å². The molecule has 1 aliphatic heterocycles. The highest BCUT2D eigenvalue weighted by molar-refractivity contribution is 7.92. The van der Waals surface area contributed by atoms with Crippen LogP contribution in [0.3, 0.4) is 0 Å². The molecule has 8 nitrogen and oxygen atoms in total. The average molecular weight is 621 g/mol. The van der Waals surface area contributed by atoms with Crippen LogP contribution in [0.2, 0.25) is 5.02 Å². The van der Waals surface area contributed by atoms with Crippen molar-refractivity contribution in [3.63, 3.8) is 0 Å². The maximum atomic E-state index is 13.0. The number of benzene rings is 3. The summed E-state index contributed by atoms with van der Waals surface area (Å²) < 4.78 is 29.4. The van der Waals surface area contributed by atoms with Crippen molar-refractivity contribution >= 4 is 72.3 Å². The summed E-state index contributed by atoms with van der Waals surface area (Å²) >= 11 is 7.63. The number of nitrogens with one attached hydrogen (secondary N) is 2. The number of aromatic nitrogens is 1. The van der Waals surface area contributed by atoms with Crippen molar-refractivity contribution in [1.29, 1.82) is 0 Å². The van der Waals surface area contributed by atoms with E-state index in [1.165, 1.54) is 40.1 Å². The summed E-state index contributed by atoms with van der Waals surface area (Å²) in [6.45, 7) is 8.90. The summed E-state index contributed by atoms with van der Waals surface area (Å²) in [5.41, 5.74) is 4.04. The highest BCUT2D eigenvalue weighted by atomic mass is 35.5. The Labute approximate surface area is 249 Å². The Kier molecular flexibility index (Phi) is 9.58. The predicted octanol–water partition coefficient (Wildman–Crippen LogP) is 5.34. The van der Waals surface area contributed by atoms with Gasteiger partial charge in [0.25, 0.3) is 15.9 Å². The fourth-order valence-electron chi connectivity index (χ4n) is 4.67. The van der Waals surface area contributed by atoms with Crippen LogP contribution in [0.25, 0.3) is 10.2 Å². The van der Waals surface area contributed by atoms with Gasteiger partial charge in [-0.15, -0.1) is 12.4 Å². The zero-order valence-corrected chi connectivity index (χ0v) is 25.4. The summed E-state index contributed by atoms with van der Waals surface area (Å²) in [7, 11) is -3.87. The van der Waals surface area contributed by atoms with Crippen LogP contribution in [0.4, 0.5) is 10.8 Å². The molecule has 212 valence electrons. The zero-order chi connectivity index (χ0) is 27.6. The number of carbonyl (C=O) groups excluding carboxylic acids is 1. The number of anilines is 2. The van der Waals surface area contributed by atoms with E-state index < -0.39 is 10.0 Å². The second-order valence-corrected chi connectivity index (χ2v) is 12.7. The maximum Gasteiger partial charge on any atom is 0.261 e. The Morgan fingerprint density at radius 2 is 1.73 bits per heavy atom. The number of halogens is 2. The summed E-state index contributed by atoms with van der Waals surface area (Å²) in [5.74, 6) is -0.330. The molecule has 0 radical (unpaired) electrons. The number of rotatable bonds is 8. The van der Waals surface area contributed by atoms with Crippen LogP contribution >= 0.6 is 35.3 Å². The number of carbonyl (C=O) groups is 1. The molecule has 4 aromatic rings. The van der Waals surface area contributed by atoms with Gasteiger partial charge in [-0.05, 0) is 67.4 Å². The Balaban J connectivity index is 0.00000370. The van der Waals surface area contributed by atoms with Gasteiger partial charge >= 0.3 is 0 Å². The van der Waals surface area contributed by atoms with Crippen LogP contribution in [-0.4, -0.2) is 63.5 Å². The third kappa shape index (κ3) is 6.87. The van der Waals surface area contributed by atoms with Crippen molar-refractivity contribution in [2.45, 2.75) is 18.7 Å². The molecule has 0 aliphatic carbocycles. The van der Waals surface area contributed by atoms with Crippen molar-refractivity contribution in [3.05, 3.63) is 82.4 Å². The Morgan fingerprint density at radius 1 is 1.02 bits per heavy atom. The highest BCUT2D eigenvalue weighted by Crippen LogP contribution is 2.32. The first-order valence-corrected chi connectivity index (χ1v) is 15.4. The minimum atomic E-state index is -3.87. The molecule has 12 heteroatoms. The van der Waals surface area contributed by atoms with Crippen molar-refractivity contribution < 1.29 is 13.2 Å². The third-order valence-electron chi connectivity index (χ3n) is 6.71. The highest BCUT2D eigenvalue weighted by Gasteiger charge is 2.22. The summed E-state index contributed by atoms with van der Waals surface area (Å²) in [4.78, 5) is 22.5. The lowest BCUT2D eigenvalue weighted by molar-refractivity contribution is 0.0948. The molecule has 3 aromatic carbocycles. The van der Waals surface area contributed by atoms with Crippen molar-refractivity contribution in [1.82, 2.24) is 15.2 Å². The maximum absolute atomic E-state index is 13.0. The van der Waals surface area contributed by atoms with Crippen LogP contribution in [0, 0.1) is 13.8 Å². The van der Waals surface area contributed by atoms with Crippen LogP contribution in [0.15, 0.2) is 65.6 Å². The first-order valence-electron chi connectivity index (χ1n) is 12.7. The average Bonchev–Trinajstić information content (AvgIpc) is 3.34.